The van der Waals surface area contributed by atoms with E-state index in [1.807, 2.05) is 0 Å². The number of hydrogen-bond donors (Lipinski definition) is 0. The van der Waals surface area contributed by atoms with Crippen LogP contribution in [0.15, 0.2) is 18.2 Å². The second-order valence-corrected chi connectivity index (χ2v) is 6.17. The molecular formula is C15H16ClFN2. The van der Waals surface area contributed by atoms with Crippen LogP contribution in [-0.2, 0) is 5.88 Å². The third-order valence-corrected chi connectivity index (χ3v) is 5.12. The van der Waals surface area contributed by atoms with Crippen molar-refractivity contribution in [2.75, 3.05) is 0 Å². The molecule has 2 aliphatic carbocycles. The van der Waals surface area contributed by atoms with Crippen molar-refractivity contribution in [3.05, 3.63) is 29.8 Å². The van der Waals surface area contributed by atoms with E-state index in [2.05, 4.69) is 9.55 Å². The molecule has 1 aromatic heterocycles. The van der Waals surface area contributed by atoms with E-state index in [1.54, 1.807) is 12.1 Å². The first-order chi connectivity index (χ1) is 9.26. The van der Waals surface area contributed by atoms with Gasteiger partial charge in [0.25, 0.3) is 0 Å². The van der Waals surface area contributed by atoms with Crippen LogP contribution in [0.2, 0.25) is 0 Å². The Bertz CT molecular complexity index is 636. The summed E-state index contributed by atoms with van der Waals surface area (Å²) in [5, 5.41) is 0. The lowest BCUT2D eigenvalue weighted by atomic mass is 9.95. The second-order valence-electron chi connectivity index (χ2n) is 5.91. The Balaban J connectivity index is 1.89. The number of alkyl halides is 1. The molecule has 0 saturated heterocycles. The maximum Gasteiger partial charge on any atom is 0.125 e. The normalized spacial score (nSPS) is 29.5. The van der Waals surface area contributed by atoms with Gasteiger partial charge in [0.05, 0.1) is 16.9 Å². The minimum absolute atomic E-state index is 0.196. The van der Waals surface area contributed by atoms with Gasteiger partial charge in [-0.05, 0) is 49.3 Å². The fourth-order valence-corrected chi connectivity index (χ4v) is 4.30. The molecule has 0 spiro atoms. The van der Waals surface area contributed by atoms with Gasteiger partial charge in [0.2, 0.25) is 0 Å². The summed E-state index contributed by atoms with van der Waals surface area (Å²) in [6, 6.07) is 5.30. The van der Waals surface area contributed by atoms with Gasteiger partial charge >= 0.3 is 0 Å². The highest BCUT2D eigenvalue weighted by atomic mass is 35.5. The molecule has 2 aromatic rings. The molecule has 3 atom stereocenters. The number of halogens is 2. The summed E-state index contributed by atoms with van der Waals surface area (Å²) in [5.74, 6) is 2.67. The van der Waals surface area contributed by atoms with Crippen LogP contribution in [-0.4, -0.2) is 9.55 Å². The molecule has 3 unspecified atom stereocenters. The molecule has 0 amide bonds. The molecule has 4 rings (SSSR count). The average Bonchev–Trinajstić information content (AvgIpc) is 3.10. The number of nitrogens with zero attached hydrogens (tertiary/aromatic N) is 2. The standard InChI is InChI=1S/C15H16ClFN2/c16-8-15-18-12-4-3-11(17)7-14(12)19(15)13-6-9-1-2-10(13)5-9/h3-4,7,9-10,13H,1-2,5-6,8H2. The molecule has 2 nitrogen and oxygen atoms in total. The highest BCUT2D eigenvalue weighted by molar-refractivity contribution is 6.16. The lowest BCUT2D eigenvalue weighted by Gasteiger charge is -2.25. The van der Waals surface area contributed by atoms with Crippen LogP contribution in [0.3, 0.4) is 0 Å². The van der Waals surface area contributed by atoms with Gasteiger partial charge in [-0.2, -0.15) is 0 Å². The molecule has 1 heterocycles. The molecule has 2 saturated carbocycles. The maximum absolute atomic E-state index is 13.5. The largest absolute Gasteiger partial charge is 0.323 e. The third kappa shape index (κ3) is 1.71. The van der Waals surface area contributed by atoms with Gasteiger partial charge in [-0.1, -0.05) is 6.42 Å². The van der Waals surface area contributed by atoms with Crippen LogP contribution >= 0.6 is 11.6 Å². The summed E-state index contributed by atoms with van der Waals surface area (Å²) < 4.78 is 15.7. The molecule has 2 bridgehead atoms. The van der Waals surface area contributed by atoms with E-state index in [1.165, 1.54) is 31.7 Å². The molecule has 4 heteroatoms. The smallest absolute Gasteiger partial charge is 0.125 e. The molecule has 0 N–H and O–H groups in total. The lowest BCUT2D eigenvalue weighted by molar-refractivity contribution is 0.331. The zero-order valence-corrected chi connectivity index (χ0v) is 11.4. The minimum Gasteiger partial charge on any atom is -0.323 e. The molecule has 1 aromatic carbocycles. The average molecular weight is 279 g/mol. The zero-order valence-electron chi connectivity index (χ0n) is 10.6. The van der Waals surface area contributed by atoms with Gasteiger partial charge in [-0.3, -0.25) is 0 Å². The maximum atomic E-state index is 13.5. The van der Waals surface area contributed by atoms with E-state index < -0.39 is 0 Å². The molecule has 2 aliphatic rings. The van der Waals surface area contributed by atoms with Gasteiger partial charge in [-0.15, -0.1) is 11.6 Å². The van der Waals surface area contributed by atoms with E-state index in [0.29, 0.717) is 11.9 Å². The Kier molecular flexibility index (Phi) is 2.59. The van der Waals surface area contributed by atoms with Crippen molar-refractivity contribution in [3.8, 4) is 0 Å². The van der Waals surface area contributed by atoms with Crippen molar-refractivity contribution in [2.45, 2.75) is 37.6 Å². The van der Waals surface area contributed by atoms with E-state index in [4.69, 9.17) is 11.6 Å². The fraction of sp³-hybridized carbons (Fsp3) is 0.533. The number of aromatic nitrogens is 2. The summed E-state index contributed by atoms with van der Waals surface area (Å²) >= 11 is 6.05. The lowest BCUT2D eigenvalue weighted by Crippen LogP contribution is -2.18. The highest BCUT2D eigenvalue weighted by Gasteiger charge is 2.41. The molecule has 0 aliphatic heterocycles. The summed E-state index contributed by atoms with van der Waals surface area (Å²) in [6.07, 6.45) is 5.18. The molecular weight excluding hydrogens is 263 g/mol. The van der Waals surface area contributed by atoms with Crippen molar-refractivity contribution < 1.29 is 4.39 Å². The number of imidazole rings is 1. The molecule has 19 heavy (non-hydrogen) atoms. The van der Waals surface area contributed by atoms with Crippen molar-refractivity contribution >= 4 is 22.6 Å². The predicted molar refractivity (Wildman–Crippen MR) is 73.7 cm³/mol. The number of hydrogen-bond acceptors (Lipinski definition) is 1. The Morgan fingerprint density at radius 2 is 2.21 bits per heavy atom. The number of fused-ring (bicyclic) bond motifs is 3. The van der Waals surface area contributed by atoms with E-state index in [-0.39, 0.29) is 5.82 Å². The van der Waals surface area contributed by atoms with Gasteiger partial charge in [0, 0.05) is 6.04 Å². The first-order valence-corrected chi connectivity index (χ1v) is 7.52. The Morgan fingerprint density at radius 1 is 1.32 bits per heavy atom. The highest BCUT2D eigenvalue weighted by Crippen LogP contribution is 2.51. The van der Waals surface area contributed by atoms with E-state index in [0.717, 1.165) is 28.7 Å². The molecule has 2 fully saturated rings. The van der Waals surface area contributed by atoms with Gasteiger partial charge < -0.3 is 4.57 Å². The van der Waals surface area contributed by atoms with Crippen molar-refractivity contribution in [2.24, 2.45) is 11.8 Å². The van der Waals surface area contributed by atoms with Crippen LogP contribution in [0.25, 0.3) is 11.0 Å². The quantitative estimate of drug-likeness (QED) is 0.750. The van der Waals surface area contributed by atoms with Gasteiger partial charge in [0.1, 0.15) is 11.6 Å². The first-order valence-electron chi connectivity index (χ1n) is 6.98. The SMILES string of the molecule is Fc1ccc2nc(CCl)n(C3CC4CCC3C4)c2c1. The van der Waals surface area contributed by atoms with Gasteiger partial charge in [0.15, 0.2) is 0 Å². The van der Waals surface area contributed by atoms with Crippen LogP contribution in [0.1, 0.15) is 37.5 Å². The Hall–Kier alpha value is -1.09. The summed E-state index contributed by atoms with van der Waals surface area (Å²) in [7, 11) is 0. The summed E-state index contributed by atoms with van der Waals surface area (Å²) in [4.78, 5) is 4.56. The summed E-state index contributed by atoms with van der Waals surface area (Å²) in [5.41, 5.74) is 1.77. The second kappa shape index (κ2) is 4.20. The monoisotopic (exact) mass is 278 g/mol. The van der Waals surface area contributed by atoms with Crippen molar-refractivity contribution in [3.63, 3.8) is 0 Å². The van der Waals surface area contributed by atoms with Crippen LogP contribution in [0.5, 0.6) is 0 Å². The number of rotatable bonds is 2. The van der Waals surface area contributed by atoms with Crippen molar-refractivity contribution in [1.82, 2.24) is 9.55 Å². The molecule has 100 valence electrons. The van der Waals surface area contributed by atoms with Crippen LogP contribution in [0.4, 0.5) is 4.39 Å². The minimum atomic E-state index is -0.196. The number of benzene rings is 1. The Labute approximate surface area is 116 Å². The topological polar surface area (TPSA) is 17.8 Å². The van der Waals surface area contributed by atoms with Gasteiger partial charge in [-0.25, -0.2) is 9.37 Å². The Morgan fingerprint density at radius 3 is 2.89 bits per heavy atom. The van der Waals surface area contributed by atoms with E-state index >= 15 is 0 Å². The fourth-order valence-electron chi connectivity index (χ4n) is 4.11. The van der Waals surface area contributed by atoms with Crippen LogP contribution in [0, 0.1) is 17.7 Å². The zero-order chi connectivity index (χ0) is 13.0. The summed E-state index contributed by atoms with van der Waals surface area (Å²) in [6.45, 7) is 0. The van der Waals surface area contributed by atoms with Crippen molar-refractivity contribution in [1.29, 1.82) is 0 Å². The van der Waals surface area contributed by atoms with Crippen LogP contribution < -0.4 is 0 Å². The first kappa shape index (κ1) is 11.7. The van der Waals surface area contributed by atoms with E-state index in [9.17, 15) is 4.39 Å². The molecule has 0 radical (unpaired) electrons. The predicted octanol–water partition coefficient (Wildman–Crippen LogP) is 4.28. The third-order valence-electron chi connectivity index (χ3n) is 4.88.